The van der Waals surface area contributed by atoms with Crippen LogP contribution in [0, 0.1) is 0 Å². The first-order valence-corrected chi connectivity index (χ1v) is 6.95. The Morgan fingerprint density at radius 1 is 1.16 bits per heavy atom. The first-order valence-electron chi connectivity index (χ1n) is 6.95. The number of fused-ring (bicyclic) bond motifs is 5. The Kier molecular flexibility index (Phi) is 2.51. The third kappa shape index (κ3) is 1.91. The molecule has 2 bridgehead atoms. The van der Waals surface area contributed by atoms with Crippen molar-refractivity contribution in [3.8, 4) is 0 Å². The van der Waals surface area contributed by atoms with Gasteiger partial charge in [0.25, 0.3) is 0 Å². The van der Waals surface area contributed by atoms with E-state index in [1.807, 2.05) is 19.9 Å². The van der Waals surface area contributed by atoms with Crippen molar-refractivity contribution in [3.05, 3.63) is 35.9 Å². The maximum absolute atomic E-state index is 6.03. The van der Waals surface area contributed by atoms with Crippen molar-refractivity contribution in [1.29, 1.82) is 0 Å². The van der Waals surface area contributed by atoms with E-state index in [0.29, 0.717) is 6.04 Å². The highest BCUT2D eigenvalue weighted by Gasteiger charge is 2.61. The van der Waals surface area contributed by atoms with Crippen molar-refractivity contribution in [3.63, 3.8) is 0 Å². The summed E-state index contributed by atoms with van der Waals surface area (Å²) in [6.07, 6.45) is 1.42. The minimum atomic E-state index is -0.474. The highest BCUT2D eigenvalue weighted by Crippen LogP contribution is 2.46. The molecule has 0 spiro atoms. The summed E-state index contributed by atoms with van der Waals surface area (Å²) < 4.78 is 12.0. The fraction of sp³-hybridized carbons (Fsp3) is 0.600. The van der Waals surface area contributed by atoms with Gasteiger partial charge in [0.15, 0.2) is 5.79 Å². The van der Waals surface area contributed by atoms with Gasteiger partial charge in [-0.05, 0) is 25.8 Å². The van der Waals surface area contributed by atoms with Crippen molar-refractivity contribution in [2.45, 2.75) is 57.0 Å². The maximum Gasteiger partial charge on any atom is 0.163 e. The number of hydroxylamine groups is 2. The standard InChI is InChI=1S/C15H19NO3/c1-15(2)17-13-11-8-12(14(13)18-15)19-16(11)9-10-6-4-3-5-7-10/h3-7,11-14H,8-9H2,1-2H3. The third-order valence-corrected chi connectivity index (χ3v) is 4.20. The summed E-state index contributed by atoms with van der Waals surface area (Å²) in [6.45, 7) is 4.77. The van der Waals surface area contributed by atoms with Gasteiger partial charge >= 0.3 is 0 Å². The number of nitrogens with zero attached hydrogens (tertiary/aromatic N) is 1. The molecule has 1 aromatic rings. The molecule has 3 aliphatic rings. The molecule has 0 radical (unpaired) electrons. The van der Waals surface area contributed by atoms with E-state index in [9.17, 15) is 0 Å². The predicted octanol–water partition coefficient (Wildman–Crippen LogP) is 2.09. The smallest absolute Gasteiger partial charge is 0.163 e. The van der Waals surface area contributed by atoms with Gasteiger partial charge in [-0.1, -0.05) is 30.3 Å². The topological polar surface area (TPSA) is 30.9 Å². The second-order valence-corrected chi connectivity index (χ2v) is 6.07. The zero-order valence-corrected chi connectivity index (χ0v) is 11.3. The average Bonchev–Trinajstić information content (AvgIpc) is 2.99. The highest BCUT2D eigenvalue weighted by atomic mass is 16.8. The minimum absolute atomic E-state index is 0.104. The first kappa shape index (κ1) is 11.9. The molecule has 2 aliphatic heterocycles. The van der Waals surface area contributed by atoms with E-state index in [4.69, 9.17) is 14.3 Å². The zero-order chi connectivity index (χ0) is 13.0. The Morgan fingerprint density at radius 3 is 2.68 bits per heavy atom. The van der Waals surface area contributed by atoms with Crippen LogP contribution in [0.5, 0.6) is 0 Å². The Morgan fingerprint density at radius 2 is 1.89 bits per heavy atom. The van der Waals surface area contributed by atoms with Crippen molar-refractivity contribution in [2.24, 2.45) is 0 Å². The number of benzene rings is 1. The van der Waals surface area contributed by atoms with Crippen LogP contribution in [0.25, 0.3) is 0 Å². The fourth-order valence-corrected chi connectivity index (χ4v) is 3.46. The summed E-state index contributed by atoms with van der Waals surface area (Å²) in [5, 5.41) is 2.08. The Bertz CT molecular complexity index is 476. The molecule has 3 fully saturated rings. The van der Waals surface area contributed by atoms with Crippen LogP contribution in [-0.4, -0.2) is 35.2 Å². The van der Waals surface area contributed by atoms with E-state index in [1.165, 1.54) is 5.56 Å². The zero-order valence-electron chi connectivity index (χ0n) is 11.3. The lowest BCUT2D eigenvalue weighted by Gasteiger charge is -2.32. The molecule has 4 nitrogen and oxygen atoms in total. The van der Waals surface area contributed by atoms with Crippen LogP contribution < -0.4 is 0 Å². The lowest BCUT2D eigenvalue weighted by Crippen LogP contribution is -2.46. The van der Waals surface area contributed by atoms with E-state index in [-0.39, 0.29) is 18.3 Å². The minimum Gasteiger partial charge on any atom is -0.343 e. The molecule has 1 saturated carbocycles. The summed E-state index contributed by atoms with van der Waals surface area (Å²) in [7, 11) is 0. The van der Waals surface area contributed by atoms with Crippen molar-refractivity contribution < 1.29 is 14.3 Å². The van der Waals surface area contributed by atoms with Crippen LogP contribution in [0.2, 0.25) is 0 Å². The largest absolute Gasteiger partial charge is 0.343 e. The third-order valence-electron chi connectivity index (χ3n) is 4.20. The summed E-state index contributed by atoms with van der Waals surface area (Å²) in [5.41, 5.74) is 1.27. The normalized spacial score (nSPS) is 39.7. The molecule has 0 aromatic heterocycles. The average molecular weight is 261 g/mol. The van der Waals surface area contributed by atoms with Gasteiger partial charge in [-0.15, -0.1) is 0 Å². The van der Waals surface area contributed by atoms with E-state index < -0.39 is 5.79 Å². The Labute approximate surface area is 113 Å². The second-order valence-electron chi connectivity index (χ2n) is 6.07. The van der Waals surface area contributed by atoms with Gasteiger partial charge in [0, 0.05) is 6.54 Å². The Balaban J connectivity index is 1.51. The lowest BCUT2D eigenvalue weighted by atomic mass is 10.1. The molecule has 2 heterocycles. The van der Waals surface area contributed by atoms with Gasteiger partial charge < -0.3 is 9.47 Å². The summed E-state index contributed by atoms with van der Waals surface area (Å²) in [4.78, 5) is 6.00. The molecule has 4 heteroatoms. The highest BCUT2D eigenvalue weighted by molar-refractivity contribution is 5.15. The van der Waals surface area contributed by atoms with Crippen LogP contribution in [-0.2, 0) is 20.9 Å². The molecule has 0 amide bonds. The molecular formula is C15H19NO3. The molecule has 1 aliphatic carbocycles. The maximum atomic E-state index is 6.03. The Hall–Kier alpha value is -0.940. The van der Waals surface area contributed by atoms with Gasteiger partial charge in [0.1, 0.15) is 18.3 Å². The van der Waals surface area contributed by atoms with Crippen molar-refractivity contribution >= 4 is 0 Å². The second kappa shape index (κ2) is 4.03. The molecule has 1 aromatic carbocycles. The molecule has 102 valence electrons. The molecule has 4 unspecified atom stereocenters. The summed E-state index contributed by atoms with van der Waals surface area (Å²) >= 11 is 0. The van der Waals surface area contributed by atoms with Gasteiger partial charge in [0.05, 0.1) is 6.04 Å². The molecule has 0 N–H and O–H groups in total. The lowest BCUT2D eigenvalue weighted by molar-refractivity contribution is -0.229. The number of hydrogen-bond donors (Lipinski definition) is 0. The van der Waals surface area contributed by atoms with Gasteiger partial charge in [-0.2, -0.15) is 5.06 Å². The summed E-state index contributed by atoms with van der Waals surface area (Å²) in [5.74, 6) is -0.474. The first-order chi connectivity index (χ1) is 9.12. The van der Waals surface area contributed by atoms with Crippen LogP contribution >= 0.6 is 0 Å². The van der Waals surface area contributed by atoms with Crippen LogP contribution in [0.1, 0.15) is 25.8 Å². The predicted molar refractivity (Wildman–Crippen MR) is 69.1 cm³/mol. The SMILES string of the molecule is CC1(C)OC2C3CC(C2O1)N(Cc1ccccc1)O3. The van der Waals surface area contributed by atoms with Gasteiger partial charge in [-0.25, -0.2) is 0 Å². The van der Waals surface area contributed by atoms with E-state index in [2.05, 4.69) is 29.3 Å². The monoisotopic (exact) mass is 261 g/mol. The molecule has 4 rings (SSSR count). The molecule has 4 atom stereocenters. The molecular weight excluding hydrogens is 242 g/mol. The van der Waals surface area contributed by atoms with E-state index >= 15 is 0 Å². The van der Waals surface area contributed by atoms with Crippen LogP contribution in [0.15, 0.2) is 30.3 Å². The molecule has 19 heavy (non-hydrogen) atoms. The van der Waals surface area contributed by atoms with Crippen LogP contribution in [0.3, 0.4) is 0 Å². The number of ether oxygens (including phenoxy) is 2. The quantitative estimate of drug-likeness (QED) is 0.815. The number of hydrogen-bond acceptors (Lipinski definition) is 4. The number of rotatable bonds is 2. The van der Waals surface area contributed by atoms with Crippen molar-refractivity contribution in [2.75, 3.05) is 0 Å². The molecule has 2 saturated heterocycles. The van der Waals surface area contributed by atoms with Gasteiger partial charge in [-0.3, -0.25) is 4.84 Å². The van der Waals surface area contributed by atoms with E-state index in [1.54, 1.807) is 0 Å². The van der Waals surface area contributed by atoms with Crippen LogP contribution in [0.4, 0.5) is 0 Å². The summed E-state index contributed by atoms with van der Waals surface area (Å²) in [6, 6.07) is 10.7. The van der Waals surface area contributed by atoms with Gasteiger partial charge in [0.2, 0.25) is 0 Å². The fourth-order valence-electron chi connectivity index (χ4n) is 3.46. The van der Waals surface area contributed by atoms with E-state index in [0.717, 1.165) is 13.0 Å². The van der Waals surface area contributed by atoms with Crippen molar-refractivity contribution in [1.82, 2.24) is 5.06 Å².